The molecule has 0 saturated carbocycles. The Kier molecular flexibility index (Phi) is 7.43. The molecule has 1 atom stereocenters. The van der Waals surface area contributed by atoms with Crippen LogP contribution in [0, 0.1) is 0 Å². The molecule has 0 bridgehead atoms. The van der Waals surface area contributed by atoms with Crippen molar-refractivity contribution in [2.45, 2.75) is 3.72 Å². The Morgan fingerprint density at radius 1 is 0.737 bits per heavy atom. The van der Waals surface area contributed by atoms with Crippen molar-refractivity contribution in [1.29, 1.82) is 0 Å². The van der Waals surface area contributed by atoms with Gasteiger partial charge in [0, 0.05) is 0 Å². The fourth-order valence-corrected chi connectivity index (χ4v) is 3.00. The van der Waals surface area contributed by atoms with Gasteiger partial charge in [-0.15, -0.1) is 37.2 Å². The molecule has 2 aromatic rings. The summed E-state index contributed by atoms with van der Waals surface area (Å²) in [5.74, 6) is 0. The van der Waals surface area contributed by atoms with E-state index in [-0.39, 0.29) is 40.9 Å². The molecule has 99 valence electrons. The molecule has 0 nitrogen and oxygen atoms in total. The van der Waals surface area contributed by atoms with E-state index in [1.807, 2.05) is 0 Å². The Labute approximate surface area is 144 Å². The predicted molar refractivity (Wildman–Crippen MR) is 84.4 cm³/mol. The number of fused-ring (bicyclic) bond motifs is 1. The molecule has 0 aliphatic heterocycles. The summed E-state index contributed by atoms with van der Waals surface area (Å²) in [5.41, 5.74) is 4.10. The van der Waals surface area contributed by atoms with Gasteiger partial charge in [0.2, 0.25) is 0 Å². The van der Waals surface area contributed by atoms with E-state index in [4.69, 9.17) is 0 Å². The van der Waals surface area contributed by atoms with Gasteiger partial charge < -0.3 is 0 Å². The van der Waals surface area contributed by atoms with E-state index in [0.717, 1.165) is 0 Å². The summed E-state index contributed by atoms with van der Waals surface area (Å²) in [7, 11) is 0. The zero-order chi connectivity index (χ0) is 11.0. The molecule has 0 spiro atoms. The van der Waals surface area contributed by atoms with Crippen molar-refractivity contribution in [2.75, 3.05) is 0 Å². The van der Waals surface area contributed by atoms with Crippen molar-refractivity contribution in [3.8, 4) is 0 Å². The van der Waals surface area contributed by atoms with Gasteiger partial charge >= 0.3 is 108 Å². The Morgan fingerprint density at radius 3 is 2.00 bits per heavy atom. The molecular formula is C15H14Cl3Ti. The number of allylic oxidation sites excluding steroid dienone is 1. The zero-order valence-electron chi connectivity index (χ0n) is 10.1. The normalized spacial score (nSPS) is 18.5. The van der Waals surface area contributed by atoms with Crippen LogP contribution < -0.4 is 0 Å². The summed E-state index contributed by atoms with van der Waals surface area (Å²) >= 11 is 2.28. The van der Waals surface area contributed by atoms with Gasteiger partial charge in [-0.3, -0.25) is 0 Å². The van der Waals surface area contributed by atoms with Crippen LogP contribution in [0.15, 0.2) is 60.7 Å². The van der Waals surface area contributed by atoms with Gasteiger partial charge in [-0.2, -0.15) is 0 Å². The number of hydrogen-bond acceptors (Lipinski definition) is 0. The molecule has 0 radical (unpaired) electrons. The average molecular weight is 349 g/mol. The minimum absolute atomic E-state index is 0. The first-order chi connectivity index (χ1) is 7.81. The van der Waals surface area contributed by atoms with Crippen molar-refractivity contribution in [1.82, 2.24) is 0 Å². The molecule has 0 saturated heterocycles. The number of halogens is 3. The fourth-order valence-electron chi connectivity index (χ4n) is 2.26. The van der Waals surface area contributed by atoms with Crippen LogP contribution in [0.4, 0.5) is 0 Å². The molecule has 2 aromatic carbocycles. The van der Waals surface area contributed by atoms with Gasteiger partial charge in [0.1, 0.15) is 0 Å². The Bertz CT molecular complexity index is 554. The van der Waals surface area contributed by atoms with E-state index in [9.17, 15) is 0 Å². The summed E-state index contributed by atoms with van der Waals surface area (Å²) in [6.45, 7) is 0. The first-order valence-corrected chi connectivity index (χ1v) is 6.18. The van der Waals surface area contributed by atoms with E-state index in [1.165, 1.54) is 16.7 Å². The second-order valence-corrected chi connectivity index (χ2v) is 5.33. The average Bonchev–Trinajstić information content (AvgIpc) is 2.71. The van der Waals surface area contributed by atoms with E-state index < -0.39 is 0 Å². The first-order valence-electron chi connectivity index (χ1n) is 5.40. The standard InChI is InChI=1S/C15H11.3ClH.Ti/c1-2-6-12(7-3-1)15-11-10-13-8-4-5-9-14(13)15;;;;/h1-11H;3*1H;. The summed E-state index contributed by atoms with van der Waals surface area (Å²) in [4.78, 5) is 0. The van der Waals surface area contributed by atoms with Crippen molar-refractivity contribution in [3.05, 3.63) is 77.4 Å². The molecule has 1 aliphatic carbocycles. The molecule has 0 fully saturated rings. The third kappa shape index (κ3) is 3.27. The van der Waals surface area contributed by atoms with Crippen molar-refractivity contribution in [3.63, 3.8) is 0 Å². The molecular weight excluding hydrogens is 334 g/mol. The quantitative estimate of drug-likeness (QED) is 0.651. The van der Waals surface area contributed by atoms with Crippen LogP contribution in [0.3, 0.4) is 0 Å². The summed E-state index contributed by atoms with van der Waals surface area (Å²) in [6.07, 6.45) is 4.52. The molecule has 4 heteroatoms. The SMILES string of the molecule is Cl.Cl.Cl.[Ti][C]1(c2ccccc2)C=Cc2ccccc21. The van der Waals surface area contributed by atoms with E-state index in [2.05, 4.69) is 87.2 Å². The number of hydrogen-bond donors (Lipinski definition) is 0. The van der Waals surface area contributed by atoms with Gasteiger partial charge in [0.25, 0.3) is 0 Å². The van der Waals surface area contributed by atoms with Crippen LogP contribution in [0.1, 0.15) is 16.7 Å². The molecule has 0 aromatic heterocycles. The van der Waals surface area contributed by atoms with Crippen LogP contribution in [0.2, 0.25) is 0 Å². The number of benzene rings is 2. The van der Waals surface area contributed by atoms with E-state index in [0.29, 0.717) is 0 Å². The minimum atomic E-state index is 0. The molecule has 19 heavy (non-hydrogen) atoms. The van der Waals surface area contributed by atoms with Crippen LogP contribution in [0.25, 0.3) is 6.08 Å². The van der Waals surface area contributed by atoms with Crippen molar-refractivity contribution >= 4 is 43.3 Å². The van der Waals surface area contributed by atoms with Gasteiger partial charge in [-0.1, -0.05) is 0 Å². The molecule has 0 amide bonds. The third-order valence-electron chi connectivity index (χ3n) is 3.13. The zero-order valence-corrected chi connectivity index (χ0v) is 14.1. The predicted octanol–water partition coefficient (Wildman–Crippen LogP) is 4.77. The van der Waals surface area contributed by atoms with Crippen LogP contribution >= 0.6 is 37.2 Å². The van der Waals surface area contributed by atoms with Crippen molar-refractivity contribution in [2.24, 2.45) is 0 Å². The Balaban J connectivity index is 0.00000108. The molecule has 3 rings (SSSR count). The maximum absolute atomic E-state index is 2.30. The van der Waals surface area contributed by atoms with Gasteiger partial charge in [-0.25, -0.2) is 0 Å². The van der Waals surface area contributed by atoms with Crippen LogP contribution in [-0.4, -0.2) is 0 Å². The summed E-state index contributed by atoms with van der Waals surface area (Å²) in [5, 5.41) is 0. The summed E-state index contributed by atoms with van der Waals surface area (Å²) in [6, 6.07) is 19.3. The van der Waals surface area contributed by atoms with Gasteiger partial charge in [0.05, 0.1) is 0 Å². The molecule has 1 unspecified atom stereocenters. The van der Waals surface area contributed by atoms with E-state index >= 15 is 0 Å². The fraction of sp³-hybridized carbons (Fsp3) is 0.0667. The molecule has 1 aliphatic rings. The monoisotopic (exact) mass is 347 g/mol. The van der Waals surface area contributed by atoms with Crippen LogP contribution in [-0.2, 0) is 24.2 Å². The van der Waals surface area contributed by atoms with Crippen LogP contribution in [0.5, 0.6) is 0 Å². The molecule has 0 heterocycles. The molecule has 0 N–H and O–H groups in total. The Hall–Kier alpha value is -0.236. The second-order valence-electron chi connectivity index (χ2n) is 4.09. The summed E-state index contributed by atoms with van der Waals surface area (Å²) < 4.78 is 0.0395. The maximum atomic E-state index is 2.30. The van der Waals surface area contributed by atoms with Gasteiger partial charge in [-0.05, 0) is 0 Å². The van der Waals surface area contributed by atoms with Gasteiger partial charge in [0.15, 0.2) is 0 Å². The topological polar surface area (TPSA) is 0 Å². The second kappa shape index (κ2) is 7.52. The first kappa shape index (κ1) is 18.8. The third-order valence-corrected chi connectivity index (χ3v) is 4.26. The van der Waals surface area contributed by atoms with Crippen molar-refractivity contribution < 1.29 is 20.4 Å². The Morgan fingerprint density at radius 2 is 1.32 bits per heavy atom. The number of rotatable bonds is 1. The van der Waals surface area contributed by atoms with E-state index in [1.54, 1.807) is 0 Å².